The number of rotatable bonds is 42. The zero-order valence-corrected chi connectivity index (χ0v) is 69.3. The summed E-state index contributed by atoms with van der Waals surface area (Å²) in [4.78, 5) is 13.6. The normalized spacial score (nSPS) is 41.3. The number of hydrogen-bond donors (Lipinski definition) is 21. The molecule has 21 N–H and O–H groups in total. The van der Waals surface area contributed by atoms with Crippen molar-refractivity contribution in [1.82, 2.24) is 0 Å². The highest BCUT2D eigenvalue weighted by molar-refractivity contribution is 5.88. The van der Waals surface area contributed by atoms with Crippen LogP contribution in [-0.2, 0) is 75.8 Å². The van der Waals surface area contributed by atoms with E-state index in [1.54, 1.807) is 33.8 Å². The highest BCUT2D eigenvalue weighted by Gasteiger charge is 2.56. The zero-order valence-electron chi connectivity index (χ0n) is 69.3. The van der Waals surface area contributed by atoms with Crippen molar-refractivity contribution in [2.45, 2.75) is 379 Å². The lowest BCUT2D eigenvalue weighted by atomic mass is 9.95. The molecule has 37 heteroatoms. The summed E-state index contributed by atoms with van der Waals surface area (Å²) in [5.41, 5.74) is 1.39. The van der Waals surface area contributed by atoms with E-state index in [2.05, 4.69) is 19.2 Å². The smallest absolute Gasteiger partial charge is 0.334 e. The Morgan fingerprint density at radius 3 is 1.30 bits per heavy atom. The molecule has 0 aromatic carbocycles. The fraction of sp³-hybridized carbons (Fsp3) is 0.793. The van der Waals surface area contributed by atoms with Crippen LogP contribution in [0.4, 0.5) is 0 Å². The van der Waals surface area contributed by atoms with E-state index in [1.165, 1.54) is 32.9 Å². The number of aliphatic hydroxyl groups excluding tert-OH is 21. The molecule has 0 aromatic heterocycles. The van der Waals surface area contributed by atoms with E-state index in [-0.39, 0.29) is 18.6 Å². The first-order valence-electron chi connectivity index (χ1n) is 40.9. The van der Waals surface area contributed by atoms with Crippen molar-refractivity contribution in [2.24, 2.45) is 0 Å². The van der Waals surface area contributed by atoms with Gasteiger partial charge < -0.3 is 178 Å². The second kappa shape index (κ2) is 47.5. The first kappa shape index (κ1) is 102. The van der Waals surface area contributed by atoms with Gasteiger partial charge >= 0.3 is 5.97 Å². The summed E-state index contributed by atoms with van der Waals surface area (Å²) in [6.45, 7) is 22.1. The first-order chi connectivity index (χ1) is 56.2. The lowest BCUT2D eigenvalue weighted by Gasteiger charge is -2.47. The van der Waals surface area contributed by atoms with Gasteiger partial charge in [0.1, 0.15) is 146 Å². The number of carbonyl (C=O) groups is 1. The maximum atomic E-state index is 13.6. The van der Waals surface area contributed by atoms with Crippen molar-refractivity contribution in [3.8, 4) is 0 Å². The van der Waals surface area contributed by atoms with Crippen LogP contribution in [0.5, 0.6) is 0 Å². The van der Waals surface area contributed by atoms with Crippen LogP contribution in [0.15, 0.2) is 95.7 Å². The highest BCUT2D eigenvalue weighted by Crippen LogP contribution is 2.39. The molecule has 38 atom stereocenters. The van der Waals surface area contributed by atoms with Crippen molar-refractivity contribution in [2.75, 3.05) is 33.0 Å². The lowest BCUT2D eigenvalue weighted by molar-refractivity contribution is -0.375. The van der Waals surface area contributed by atoms with Crippen LogP contribution in [-0.4, -0.2) is 378 Å². The van der Waals surface area contributed by atoms with E-state index < -0.39 is 265 Å². The molecule has 7 rings (SSSR count). The lowest BCUT2D eigenvalue weighted by Crippen LogP contribution is -2.65. The van der Waals surface area contributed by atoms with Crippen LogP contribution >= 0.6 is 0 Å². The van der Waals surface area contributed by atoms with Gasteiger partial charge in [-0.25, -0.2) is 4.79 Å². The number of allylic oxidation sites excluding steroid dienone is 8. The van der Waals surface area contributed by atoms with Gasteiger partial charge in [0.2, 0.25) is 0 Å². The van der Waals surface area contributed by atoms with Gasteiger partial charge in [-0.3, -0.25) is 0 Å². The quantitative estimate of drug-likeness (QED) is 0.0131. The number of ether oxygens (including phenoxy) is 15. The van der Waals surface area contributed by atoms with E-state index in [0.717, 1.165) is 41.6 Å². The van der Waals surface area contributed by atoms with Crippen molar-refractivity contribution < 1.29 is 183 Å². The molecular weight excluding hydrogens is 1580 g/mol. The summed E-state index contributed by atoms with van der Waals surface area (Å²) >= 11 is 0. The molecule has 7 fully saturated rings. The van der Waals surface area contributed by atoms with E-state index in [4.69, 9.17) is 71.1 Å². The maximum absolute atomic E-state index is 13.6. The van der Waals surface area contributed by atoms with Crippen LogP contribution in [0, 0.1) is 0 Å². The van der Waals surface area contributed by atoms with Crippen molar-refractivity contribution in [3.05, 3.63) is 95.7 Å². The monoisotopic (exact) mass is 1710 g/mol. The topological polar surface area (TPSA) is 580 Å². The Labute approximate surface area is 693 Å². The van der Waals surface area contributed by atoms with E-state index in [0.29, 0.717) is 51.4 Å². The standard InChI is InChI=1S/C82H134O37/c1-13-47-53(88)62(97)71(116-75-65(100)58(93)54(89)48(34-83)110-75)79(109-47)118-81(11,14-2)30-20-18-16-17-19-24-39(4)26-22-28-42(7)37-105-74-68(103)64(99)69(45(10)108-74)115-77-67(102)60(95)57(92)51(113-77)38-106-78-70(61(96)52(87)44(9)107-78)114-73(104)43(8)33-46(86)32-41(6)27-21-25-40(5)29-23-31-82(12,15-3)119-80-72(63(98)56(91)50(36-85)112-80)117-76-66(101)59(94)55(90)49(35-84)111-76/h14-16,18,24,27-29,33,44-72,74-80,83-103H,2-3,13,17,19-23,25-26,30-32,34-38H2,1,4-12H3/b18-16+,39-24+,40-29+,41-27+,42-28-,43-33+/t44?,45?,46?,47?,48?,49?,50?,51?,52?,53?,54?,55?,56?,57?,58?,59?,60?,61?,62?,63?,64?,65?,66?,67?,68?,69?,70?,71?,72?,74?,75?,76?,77?,78?,79?,80?,81-,82-/m1/s1. The molecule has 0 saturated carbocycles. The third-order valence-corrected chi connectivity index (χ3v) is 22.7. The largest absolute Gasteiger partial charge is 0.451 e. The highest BCUT2D eigenvalue weighted by atomic mass is 16.8. The summed E-state index contributed by atoms with van der Waals surface area (Å²) in [7, 11) is 0. The predicted octanol–water partition coefficient (Wildman–Crippen LogP) is -2.41. The Balaban J connectivity index is 0.822. The molecule has 684 valence electrons. The fourth-order valence-corrected chi connectivity index (χ4v) is 14.8. The summed E-state index contributed by atoms with van der Waals surface area (Å²) in [5.74, 6) is -1.03. The molecule has 0 bridgehead atoms. The minimum Gasteiger partial charge on any atom is -0.451 e. The van der Waals surface area contributed by atoms with Crippen LogP contribution in [0.2, 0.25) is 0 Å². The Bertz CT molecular complexity index is 3280. The SMILES string of the molecule is C=C[C@](C)(CC/C=C/CC/C=C(\C)CC/C=C(/C)COC1OC(C)C(OC2OC(COC3OC(C)C(O)C(O)C3OC(=O)/C(C)=C/C(O)C/C(C)=C/CC/C(C)=C/CC[C@@](C)(C=C)OC3OC(CO)C(O)C(O)C3OC3OC(CO)C(O)C(O)C3O)C(O)C(O)C2O)C(O)C1O)OC1OC(CC)C(O)C(O)C1OC1OC(CO)C(O)C(O)C1O. The zero-order chi connectivity index (χ0) is 88.2. The molecule has 0 aromatic rings. The second-order valence-corrected chi connectivity index (χ2v) is 32.5. The Kier molecular flexibility index (Phi) is 40.8. The van der Waals surface area contributed by atoms with Crippen molar-refractivity contribution in [3.63, 3.8) is 0 Å². The minimum atomic E-state index is -1.93. The number of hydrogen-bond acceptors (Lipinski definition) is 37. The van der Waals surface area contributed by atoms with Gasteiger partial charge in [-0.2, -0.15) is 0 Å². The molecular formula is C82H134O37. The molecule has 7 aliphatic rings. The molecule has 37 nitrogen and oxygen atoms in total. The number of carbonyl (C=O) groups excluding carboxylic acids is 1. The number of unbranched alkanes of at least 4 members (excludes halogenated alkanes) is 1. The summed E-state index contributed by atoms with van der Waals surface area (Å²) in [6.07, 6.45) is -33.6. The molecule has 7 heterocycles. The van der Waals surface area contributed by atoms with Crippen molar-refractivity contribution in [1.29, 1.82) is 0 Å². The fourth-order valence-electron chi connectivity index (χ4n) is 14.8. The van der Waals surface area contributed by atoms with Crippen LogP contribution < -0.4 is 0 Å². The van der Waals surface area contributed by atoms with Gasteiger partial charge in [-0.1, -0.05) is 77.8 Å². The number of aliphatic hydroxyl groups is 21. The van der Waals surface area contributed by atoms with Gasteiger partial charge in [-0.15, -0.1) is 13.2 Å². The predicted molar refractivity (Wildman–Crippen MR) is 416 cm³/mol. The van der Waals surface area contributed by atoms with Gasteiger partial charge in [0.05, 0.1) is 68.7 Å². The summed E-state index contributed by atoms with van der Waals surface area (Å²) in [6, 6.07) is 0. The molecule has 0 radical (unpaired) electrons. The van der Waals surface area contributed by atoms with Crippen molar-refractivity contribution >= 4 is 5.97 Å². The Morgan fingerprint density at radius 1 is 0.403 bits per heavy atom. The van der Waals surface area contributed by atoms with Gasteiger partial charge in [-0.05, 0) is 145 Å². The average molecular weight is 1710 g/mol. The summed E-state index contributed by atoms with van der Waals surface area (Å²) < 4.78 is 88.3. The van der Waals surface area contributed by atoms with E-state index in [1.807, 2.05) is 51.2 Å². The van der Waals surface area contributed by atoms with Crippen LogP contribution in [0.25, 0.3) is 0 Å². The van der Waals surface area contributed by atoms with Crippen LogP contribution in [0.3, 0.4) is 0 Å². The Hall–Kier alpha value is -4.01. The first-order valence-corrected chi connectivity index (χ1v) is 40.9. The third-order valence-electron chi connectivity index (χ3n) is 22.7. The second-order valence-electron chi connectivity index (χ2n) is 32.5. The molecule has 36 unspecified atom stereocenters. The average Bonchev–Trinajstić information content (AvgIpc) is 0.788. The van der Waals surface area contributed by atoms with Crippen LogP contribution in [0.1, 0.15) is 146 Å². The van der Waals surface area contributed by atoms with Gasteiger partial charge in [0.25, 0.3) is 0 Å². The maximum Gasteiger partial charge on any atom is 0.334 e. The Morgan fingerprint density at radius 2 is 0.798 bits per heavy atom. The third kappa shape index (κ3) is 27.5. The molecule has 0 amide bonds. The molecule has 119 heavy (non-hydrogen) atoms. The van der Waals surface area contributed by atoms with E-state index in [9.17, 15) is 112 Å². The summed E-state index contributed by atoms with van der Waals surface area (Å²) in [5, 5.41) is 225. The molecule has 0 spiro atoms. The molecule has 7 saturated heterocycles. The van der Waals surface area contributed by atoms with E-state index >= 15 is 0 Å². The number of esters is 1. The van der Waals surface area contributed by atoms with Gasteiger partial charge in [0, 0.05) is 5.57 Å². The molecule has 7 aliphatic heterocycles. The minimum absolute atomic E-state index is 0.0184. The van der Waals surface area contributed by atoms with Gasteiger partial charge in [0.15, 0.2) is 50.1 Å². The molecule has 0 aliphatic carbocycles.